The molecule has 1 N–H and O–H groups in total. The highest BCUT2D eigenvalue weighted by Crippen LogP contribution is 2.23. The van der Waals surface area contributed by atoms with Gasteiger partial charge in [-0.1, -0.05) is 54.1 Å². The van der Waals surface area contributed by atoms with Gasteiger partial charge in [-0.2, -0.15) is 0 Å². The number of carbonyl (C=O) groups excluding carboxylic acids is 2. The number of methoxy groups -OCH3 is 1. The zero-order chi connectivity index (χ0) is 24.3. The predicted molar refractivity (Wildman–Crippen MR) is 138 cm³/mol. The largest absolute Gasteiger partial charge is 0.497 e. The molecule has 2 amide bonds. The van der Waals surface area contributed by atoms with Crippen LogP contribution in [0.5, 0.6) is 5.75 Å². The van der Waals surface area contributed by atoms with Crippen molar-refractivity contribution in [3.63, 3.8) is 0 Å². The highest BCUT2D eigenvalue weighted by molar-refractivity contribution is 8.00. The second-order valence-electron chi connectivity index (χ2n) is 7.72. The lowest BCUT2D eigenvalue weighted by atomic mass is 10.0. The molecule has 3 aromatic carbocycles. The van der Waals surface area contributed by atoms with Crippen LogP contribution in [-0.2, 0) is 22.6 Å². The lowest BCUT2D eigenvalue weighted by molar-refractivity contribution is -0.139. The average molecular weight is 497 g/mol. The topological polar surface area (TPSA) is 58.6 Å². The lowest BCUT2D eigenvalue weighted by Crippen LogP contribution is -2.51. The van der Waals surface area contributed by atoms with Crippen molar-refractivity contribution in [2.75, 3.05) is 19.4 Å². The van der Waals surface area contributed by atoms with Crippen molar-refractivity contribution in [1.29, 1.82) is 0 Å². The van der Waals surface area contributed by atoms with Gasteiger partial charge < -0.3 is 15.0 Å². The first-order valence-electron chi connectivity index (χ1n) is 11.1. The Balaban J connectivity index is 1.89. The second-order valence-corrected chi connectivity index (χ2v) is 9.20. The van der Waals surface area contributed by atoms with Gasteiger partial charge in [-0.05, 0) is 54.4 Å². The van der Waals surface area contributed by atoms with E-state index in [0.717, 1.165) is 16.0 Å². The van der Waals surface area contributed by atoms with E-state index in [4.69, 9.17) is 16.3 Å². The summed E-state index contributed by atoms with van der Waals surface area (Å²) in [6.07, 6.45) is 0.425. The Hall–Kier alpha value is -2.96. The number of amides is 2. The van der Waals surface area contributed by atoms with E-state index in [0.29, 0.717) is 30.3 Å². The average Bonchev–Trinajstić information content (AvgIpc) is 2.86. The van der Waals surface area contributed by atoms with Crippen LogP contribution < -0.4 is 10.1 Å². The summed E-state index contributed by atoms with van der Waals surface area (Å²) >= 11 is 7.41. The van der Waals surface area contributed by atoms with Crippen LogP contribution in [0.15, 0.2) is 83.8 Å². The summed E-state index contributed by atoms with van der Waals surface area (Å²) < 4.78 is 5.36. The molecule has 0 saturated carbocycles. The summed E-state index contributed by atoms with van der Waals surface area (Å²) in [5.74, 6) is 0.628. The van der Waals surface area contributed by atoms with Gasteiger partial charge in [0, 0.05) is 29.4 Å². The molecule has 0 radical (unpaired) electrons. The molecule has 3 rings (SSSR count). The SMILES string of the molecule is CCNC(=O)C(Cc1ccccc1)N(Cc1cccc(OC)c1)C(=O)CSc1ccc(Cl)cc1. The number of carbonyl (C=O) groups is 2. The molecule has 178 valence electrons. The summed E-state index contributed by atoms with van der Waals surface area (Å²) in [7, 11) is 1.61. The van der Waals surface area contributed by atoms with E-state index in [9.17, 15) is 9.59 Å². The standard InChI is InChI=1S/C27H29ClN2O3S/c1-3-29-27(32)25(17-20-8-5-4-6-9-20)30(18-21-10-7-11-23(16-21)33-2)26(31)19-34-24-14-12-22(28)13-15-24/h4-16,25H,3,17-19H2,1-2H3,(H,29,32). The minimum Gasteiger partial charge on any atom is -0.497 e. The Morgan fingerprint density at radius 1 is 1.00 bits per heavy atom. The van der Waals surface area contributed by atoms with Crippen LogP contribution in [0.1, 0.15) is 18.1 Å². The number of ether oxygens (including phenoxy) is 1. The number of nitrogens with one attached hydrogen (secondary N) is 1. The first kappa shape index (κ1) is 25.7. The van der Waals surface area contributed by atoms with Crippen LogP contribution in [-0.4, -0.2) is 42.2 Å². The Morgan fingerprint density at radius 3 is 2.38 bits per heavy atom. The number of thioether (sulfide) groups is 1. The smallest absolute Gasteiger partial charge is 0.243 e. The maximum atomic E-state index is 13.6. The van der Waals surface area contributed by atoms with E-state index in [-0.39, 0.29) is 17.6 Å². The molecule has 0 bridgehead atoms. The number of halogens is 1. The minimum absolute atomic E-state index is 0.116. The normalized spacial score (nSPS) is 11.5. The maximum Gasteiger partial charge on any atom is 0.243 e. The summed E-state index contributed by atoms with van der Waals surface area (Å²) in [4.78, 5) is 29.3. The van der Waals surface area contributed by atoms with Gasteiger partial charge in [0.1, 0.15) is 11.8 Å². The molecule has 0 fully saturated rings. The first-order valence-corrected chi connectivity index (χ1v) is 12.5. The van der Waals surface area contributed by atoms with Gasteiger partial charge in [-0.3, -0.25) is 9.59 Å². The molecule has 7 heteroatoms. The van der Waals surface area contributed by atoms with Crippen LogP contribution in [0.25, 0.3) is 0 Å². The molecule has 0 aromatic heterocycles. The highest BCUT2D eigenvalue weighted by atomic mass is 35.5. The third kappa shape index (κ3) is 7.54. The van der Waals surface area contributed by atoms with Crippen molar-refractivity contribution < 1.29 is 14.3 Å². The van der Waals surface area contributed by atoms with E-state index in [1.165, 1.54) is 11.8 Å². The fourth-order valence-electron chi connectivity index (χ4n) is 3.57. The molecular formula is C27H29ClN2O3S. The Labute approximate surface area is 210 Å². The molecule has 0 aliphatic rings. The third-order valence-electron chi connectivity index (χ3n) is 5.29. The zero-order valence-corrected chi connectivity index (χ0v) is 20.9. The van der Waals surface area contributed by atoms with Gasteiger partial charge in [0.15, 0.2) is 0 Å². The molecule has 5 nitrogen and oxygen atoms in total. The summed E-state index contributed by atoms with van der Waals surface area (Å²) in [5.41, 5.74) is 1.89. The maximum absolute atomic E-state index is 13.6. The van der Waals surface area contributed by atoms with Gasteiger partial charge in [0.2, 0.25) is 11.8 Å². The van der Waals surface area contributed by atoms with Crippen molar-refractivity contribution in [2.24, 2.45) is 0 Å². The van der Waals surface area contributed by atoms with Crippen LogP contribution in [0.2, 0.25) is 5.02 Å². The fraction of sp³-hybridized carbons (Fsp3) is 0.259. The number of likely N-dealkylation sites (N-methyl/N-ethyl adjacent to an activating group) is 1. The van der Waals surface area contributed by atoms with Gasteiger partial charge in [0.05, 0.1) is 12.9 Å². The lowest BCUT2D eigenvalue weighted by Gasteiger charge is -2.31. The monoisotopic (exact) mass is 496 g/mol. The number of benzene rings is 3. The third-order valence-corrected chi connectivity index (χ3v) is 6.53. The molecule has 0 aliphatic carbocycles. The van der Waals surface area contributed by atoms with Crippen LogP contribution in [0.4, 0.5) is 0 Å². The van der Waals surface area contributed by atoms with Gasteiger partial charge >= 0.3 is 0 Å². The van der Waals surface area contributed by atoms with E-state index >= 15 is 0 Å². The Morgan fingerprint density at radius 2 is 1.71 bits per heavy atom. The second kappa shape index (κ2) is 13.1. The molecular weight excluding hydrogens is 468 g/mol. The number of hydrogen-bond acceptors (Lipinski definition) is 4. The molecule has 0 spiro atoms. The van der Waals surface area contributed by atoms with E-state index in [1.807, 2.05) is 73.7 Å². The van der Waals surface area contributed by atoms with Crippen molar-refractivity contribution in [3.8, 4) is 5.75 Å². The number of rotatable bonds is 11. The van der Waals surface area contributed by atoms with Crippen LogP contribution >= 0.6 is 23.4 Å². The fourth-order valence-corrected chi connectivity index (χ4v) is 4.48. The Bertz CT molecular complexity index is 1080. The van der Waals surface area contributed by atoms with Gasteiger partial charge in [-0.25, -0.2) is 0 Å². The number of hydrogen-bond donors (Lipinski definition) is 1. The zero-order valence-electron chi connectivity index (χ0n) is 19.4. The van der Waals surface area contributed by atoms with E-state index < -0.39 is 6.04 Å². The summed E-state index contributed by atoms with van der Waals surface area (Å²) in [6, 6.07) is 24.1. The van der Waals surface area contributed by atoms with Crippen LogP contribution in [0, 0.1) is 0 Å². The van der Waals surface area contributed by atoms with E-state index in [1.54, 1.807) is 24.1 Å². The van der Waals surface area contributed by atoms with Crippen molar-refractivity contribution >= 4 is 35.2 Å². The predicted octanol–water partition coefficient (Wildman–Crippen LogP) is 5.22. The summed E-state index contributed by atoms with van der Waals surface area (Å²) in [6.45, 7) is 2.67. The molecule has 34 heavy (non-hydrogen) atoms. The minimum atomic E-state index is -0.646. The van der Waals surface area contributed by atoms with Crippen molar-refractivity contribution in [3.05, 3.63) is 95.0 Å². The molecule has 0 saturated heterocycles. The Kier molecular flexibility index (Phi) is 9.86. The molecule has 3 aromatic rings. The first-order chi connectivity index (χ1) is 16.5. The van der Waals surface area contributed by atoms with Gasteiger partial charge in [-0.15, -0.1) is 11.8 Å². The van der Waals surface area contributed by atoms with Gasteiger partial charge in [0.25, 0.3) is 0 Å². The van der Waals surface area contributed by atoms with E-state index in [2.05, 4.69) is 5.32 Å². The number of nitrogens with zero attached hydrogens (tertiary/aromatic N) is 1. The van der Waals surface area contributed by atoms with Crippen LogP contribution in [0.3, 0.4) is 0 Å². The quantitative estimate of drug-likeness (QED) is 0.370. The molecule has 1 unspecified atom stereocenters. The molecule has 0 heterocycles. The van der Waals surface area contributed by atoms with Crippen molar-refractivity contribution in [1.82, 2.24) is 10.2 Å². The van der Waals surface area contributed by atoms with Crippen molar-refractivity contribution in [2.45, 2.75) is 30.8 Å². The highest BCUT2D eigenvalue weighted by Gasteiger charge is 2.30. The summed E-state index contributed by atoms with van der Waals surface area (Å²) in [5, 5.41) is 3.56. The molecule has 0 aliphatic heterocycles. The molecule has 1 atom stereocenters.